The normalized spacial score (nSPS) is 14.1. The van der Waals surface area contributed by atoms with E-state index in [1.54, 1.807) is 0 Å². The summed E-state index contributed by atoms with van der Waals surface area (Å²) in [6.07, 6.45) is 66.6. The lowest BCUT2D eigenvalue weighted by Crippen LogP contribution is -2.30. The number of rotatable bonds is 83. The molecule has 0 rings (SSSR count). The highest BCUT2D eigenvalue weighted by atomic mass is 31.2. The fourth-order valence-electron chi connectivity index (χ4n) is 13.0. The molecular weight excluding hydrogens is 1340 g/mol. The molecule has 3 unspecified atom stereocenters. The van der Waals surface area contributed by atoms with Gasteiger partial charge in [-0.3, -0.25) is 37.3 Å². The zero-order valence-corrected chi connectivity index (χ0v) is 69.4. The Labute approximate surface area is 632 Å². The number of aliphatic hydroxyl groups excluding tert-OH is 1. The number of esters is 4. The molecule has 0 aromatic carbocycles. The van der Waals surface area contributed by atoms with Crippen molar-refractivity contribution in [3.05, 3.63) is 0 Å². The number of hydrogen-bond acceptors (Lipinski definition) is 15. The molecule has 17 nitrogen and oxygen atoms in total. The summed E-state index contributed by atoms with van der Waals surface area (Å²) in [5.74, 6) is -0.469. The van der Waals surface area contributed by atoms with Crippen LogP contribution >= 0.6 is 15.6 Å². The van der Waals surface area contributed by atoms with Crippen LogP contribution in [-0.4, -0.2) is 96.7 Å². The van der Waals surface area contributed by atoms with Gasteiger partial charge >= 0.3 is 39.5 Å². The van der Waals surface area contributed by atoms with Crippen LogP contribution in [0.5, 0.6) is 0 Å². The summed E-state index contributed by atoms with van der Waals surface area (Å²) < 4.78 is 68.8. The van der Waals surface area contributed by atoms with Gasteiger partial charge in [-0.05, 0) is 37.5 Å². The van der Waals surface area contributed by atoms with Gasteiger partial charge in [0.15, 0.2) is 12.2 Å². The van der Waals surface area contributed by atoms with E-state index in [0.717, 1.165) is 102 Å². The molecule has 612 valence electrons. The molecule has 0 radical (unpaired) electrons. The molecule has 0 saturated heterocycles. The molecule has 0 saturated carbocycles. The summed E-state index contributed by atoms with van der Waals surface area (Å²) in [6.45, 7) is 9.71. The number of ether oxygens (including phenoxy) is 4. The molecule has 0 aliphatic rings. The van der Waals surface area contributed by atoms with E-state index in [2.05, 4.69) is 41.5 Å². The third kappa shape index (κ3) is 76.6. The van der Waals surface area contributed by atoms with Crippen molar-refractivity contribution in [1.82, 2.24) is 0 Å². The first-order chi connectivity index (χ1) is 49.9. The van der Waals surface area contributed by atoms with Gasteiger partial charge in [0, 0.05) is 25.7 Å². The van der Waals surface area contributed by atoms with Gasteiger partial charge in [0.1, 0.15) is 19.3 Å². The maximum Gasteiger partial charge on any atom is 0.472 e. The highest BCUT2D eigenvalue weighted by Crippen LogP contribution is 2.45. The number of hydrogen-bond donors (Lipinski definition) is 3. The van der Waals surface area contributed by atoms with Gasteiger partial charge in [0.25, 0.3) is 0 Å². The lowest BCUT2D eigenvalue weighted by molar-refractivity contribution is -0.161. The molecule has 0 aromatic heterocycles. The molecule has 3 N–H and O–H groups in total. The maximum absolute atomic E-state index is 13.1. The average Bonchev–Trinajstić information content (AvgIpc) is 0.923. The van der Waals surface area contributed by atoms with Crippen LogP contribution in [0.4, 0.5) is 0 Å². The fourth-order valence-corrected chi connectivity index (χ4v) is 14.6. The highest BCUT2D eigenvalue weighted by molar-refractivity contribution is 7.47. The largest absolute Gasteiger partial charge is 0.472 e. The summed E-state index contributed by atoms with van der Waals surface area (Å²) in [6, 6.07) is 0. The van der Waals surface area contributed by atoms with Gasteiger partial charge in [-0.1, -0.05) is 395 Å². The molecule has 0 spiro atoms. The Bertz CT molecular complexity index is 1980. The lowest BCUT2D eigenvalue weighted by Gasteiger charge is -2.21. The van der Waals surface area contributed by atoms with E-state index in [1.807, 2.05) is 0 Å². The third-order valence-electron chi connectivity index (χ3n) is 20.1. The van der Waals surface area contributed by atoms with E-state index in [0.29, 0.717) is 25.7 Å². The summed E-state index contributed by atoms with van der Waals surface area (Å²) in [5, 5.41) is 10.7. The second-order valence-electron chi connectivity index (χ2n) is 30.9. The average molecular weight is 1510 g/mol. The number of carbonyl (C=O) groups excluding carboxylic acids is 4. The minimum atomic E-state index is -4.96. The maximum atomic E-state index is 13.1. The zero-order valence-electron chi connectivity index (χ0n) is 67.6. The Hall–Kier alpha value is -1.94. The van der Waals surface area contributed by atoms with Gasteiger partial charge < -0.3 is 33.8 Å². The minimum Gasteiger partial charge on any atom is -0.462 e. The van der Waals surface area contributed by atoms with Crippen molar-refractivity contribution in [2.24, 2.45) is 11.8 Å². The summed E-state index contributed by atoms with van der Waals surface area (Å²) >= 11 is 0. The second-order valence-corrected chi connectivity index (χ2v) is 33.8. The standard InChI is InChI=1S/C84H164O17P2/c1-7-10-12-14-16-18-19-20-21-22-23-24-25-26-33-38-44-50-56-62-68-83(88)101-80(73-95-82(87)67-61-55-49-43-37-32-28-27-31-36-42-47-53-59-65-77(6)9-3)75-99-103(92,93)97-71-78(85)70-96-102(90,91)98-74-79(72-94-81(86)66-60-54-48-40-17-15-13-11-8-2)100-84(89)69-63-57-51-45-39-34-29-30-35-41-46-52-58-64-76(4)5/h76-80,85H,7-75H2,1-6H3,(H,90,91)(H,92,93)/t77?,78-,79+,80+/m0/s1. The van der Waals surface area contributed by atoms with Crippen LogP contribution in [0.1, 0.15) is 446 Å². The monoisotopic (exact) mass is 1510 g/mol. The molecule has 0 aliphatic heterocycles. The van der Waals surface area contributed by atoms with Gasteiger partial charge in [0.2, 0.25) is 0 Å². The quantitative estimate of drug-likeness (QED) is 0.0222. The second kappa shape index (κ2) is 75.5. The molecular formula is C84H164O17P2. The smallest absolute Gasteiger partial charge is 0.462 e. The number of carbonyl (C=O) groups is 4. The van der Waals surface area contributed by atoms with E-state index in [-0.39, 0.29) is 25.7 Å². The summed E-state index contributed by atoms with van der Waals surface area (Å²) in [4.78, 5) is 73.1. The van der Waals surface area contributed by atoms with Crippen molar-refractivity contribution >= 4 is 39.5 Å². The molecule has 0 amide bonds. The van der Waals surface area contributed by atoms with Crippen LogP contribution in [0.15, 0.2) is 0 Å². The van der Waals surface area contributed by atoms with Gasteiger partial charge in [-0.15, -0.1) is 0 Å². The van der Waals surface area contributed by atoms with Crippen LogP contribution in [0, 0.1) is 11.8 Å². The number of unbranched alkanes of at least 4 members (excludes halogenated alkanes) is 52. The van der Waals surface area contributed by atoms with Crippen molar-refractivity contribution in [2.75, 3.05) is 39.6 Å². The molecule has 6 atom stereocenters. The molecule has 0 bridgehead atoms. The van der Waals surface area contributed by atoms with Gasteiger partial charge in [0.05, 0.1) is 26.4 Å². The van der Waals surface area contributed by atoms with Crippen LogP contribution in [0.25, 0.3) is 0 Å². The van der Waals surface area contributed by atoms with E-state index in [9.17, 15) is 43.2 Å². The van der Waals surface area contributed by atoms with Gasteiger partial charge in [-0.25, -0.2) is 9.13 Å². The number of phosphoric ester groups is 2. The summed E-state index contributed by atoms with van der Waals surface area (Å²) in [5.41, 5.74) is 0. The zero-order chi connectivity index (χ0) is 75.6. The van der Waals surface area contributed by atoms with E-state index < -0.39 is 97.5 Å². The Morgan fingerprint density at radius 3 is 0.738 bits per heavy atom. The first-order valence-electron chi connectivity index (χ1n) is 43.5. The first kappa shape index (κ1) is 101. The SMILES string of the molecule is CCCCCCCCCCCCCCCCCCCCCCC(=O)O[C@H](COC(=O)CCCCCCCCCCCCCCCCC(C)CC)COP(=O)(O)OC[C@@H](O)COP(=O)(O)OC[C@@H](COC(=O)CCCCCCCCCCC)OC(=O)CCCCCCCCCCCCCCCC(C)C. The van der Waals surface area contributed by atoms with Crippen LogP contribution in [0.3, 0.4) is 0 Å². The first-order valence-corrected chi connectivity index (χ1v) is 46.5. The van der Waals surface area contributed by atoms with Crippen molar-refractivity contribution < 1.29 is 80.2 Å². The van der Waals surface area contributed by atoms with Gasteiger partial charge in [-0.2, -0.15) is 0 Å². The molecule has 0 aliphatic carbocycles. The predicted octanol–water partition coefficient (Wildman–Crippen LogP) is 25.5. The van der Waals surface area contributed by atoms with E-state index in [4.69, 9.17) is 37.0 Å². The fraction of sp³-hybridized carbons (Fsp3) is 0.952. The Kier molecular flexibility index (Phi) is 74.1. The summed E-state index contributed by atoms with van der Waals surface area (Å²) in [7, 11) is -9.92. The minimum absolute atomic E-state index is 0.107. The molecule has 103 heavy (non-hydrogen) atoms. The number of phosphoric acid groups is 2. The highest BCUT2D eigenvalue weighted by Gasteiger charge is 2.30. The lowest BCUT2D eigenvalue weighted by atomic mass is 9.99. The van der Waals surface area contributed by atoms with E-state index in [1.165, 1.54) is 263 Å². The predicted molar refractivity (Wildman–Crippen MR) is 423 cm³/mol. The van der Waals surface area contributed by atoms with Crippen LogP contribution in [-0.2, 0) is 65.4 Å². The van der Waals surface area contributed by atoms with Crippen LogP contribution in [0.2, 0.25) is 0 Å². The van der Waals surface area contributed by atoms with Crippen molar-refractivity contribution in [2.45, 2.75) is 464 Å². The Balaban J connectivity index is 5.22. The Morgan fingerprint density at radius 1 is 0.282 bits per heavy atom. The van der Waals surface area contributed by atoms with Crippen molar-refractivity contribution in [3.8, 4) is 0 Å². The van der Waals surface area contributed by atoms with Crippen molar-refractivity contribution in [3.63, 3.8) is 0 Å². The third-order valence-corrected chi connectivity index (χ3v) is 22.0. The molecule has 0 heterocycles. The molecule has 19 heteroatoms. The van der Waals surface area contributed by atoms with Crippen molar-refractivity contribution in [1.29, 1.82) is 0 Å². The molecule has 0 fully saturated rings. The topological polar surface area (TPSA) is 237 Å². The Morgan fingerprint density at radius 2 is 0.495 bits per heavy atom. The number of aliphatic hydroxyl groups is 1. The molecule has 0 aromatic rings. The van der Waals surface area contributed by atoms with E-state index >= 15 is 0 Å². The van der Waals surface area contributed by atoms with Crippen LogP contribution < -0.4 is 0 Å².